The summed E-state index contributed by atoms with van der Waals surface area (Å²) in [6, 6.07) is 11.0. The normalized spacial score (nSPS) is 10.2. The highest BCUT2D eigenvalue weighted by Crippen LogP contribution is 2.21. The van der Waals surface area contributed by atoms with E-state index >= 15 is 0 Å². The summed E-state index contributed by atoms with van der Waals surface area (Å²) in [5.41, 5.74) is 13.0. The Bertz CT molecular complexity index is 537. The molecular weight excluding hydrogens is 246 g/mol. The van der Waals surface area contributed by atoms with Crippen LogP contribution in [-0.2, 0) is 5.75 Å². The van der Waals surface area contributed by atoms with Gasteiger partial charge in [-0.2, -0.15) is 0 Å². The van der Waals surface area contributed by atoms with Gasteiger partial charge in [-0.3, -0.25) is 4.79 Å². The van der Waals surface area contributed by atoms with Gasteiger partial charge in [0.05, 0.1) is 16.9 Å². The summed E-state index contributed by atoms with van der Waals surface area (Å²) >= 11 is 1.61. The summed E-state index contributed by atoms with van der Waals surface area (Å²) in [5, 5.41) is 0.920. The number of nitrogens with two attached hydrogens (primary N) is 2. The Balaban J connectivity index is 1.97. The highest BCUT2D eigenvalue weighted by Gasteiger charge is 2.01. The Kier molecular flexibility index (Phi) is 3.84. The number of hydrogen-bond acceptors (Lipinski definition) is 4. The molecule has 0 atom stereocenters. The first kappa shape index (κ1) is 12.4. The molecule has 0 bridgehead atoms. The molecule has 0 aliphatic carbocycles. The topological polar surface area (TPSA) is 82.0 Å². The number of benzene rings is 1. The zero-order valence-electron chi connectivity index (χ0n) is 9.67. The van der Waals surface area contributed by atoms with Crippen molar-refractivity contribution in [2.24, 2.45) is 5.73 Å². The molecule has 1 amide bonds. The van der Waals surface area contributed by atoms with Gasteiger partial charge >= 0.3 is 0 Å². The number of rotatable bonds is 4. The Labute approximate surface area is 109 Å². The van der Waals surface area contributed by atoms with E-state index in [1.165, 1.54) is 0 Å². The van der Waals surface area contributed by atoms with Crippen molar-refractivity contribution in [2.45, 2.75) is 10.8 Å². The van der Waals surface area contributed by atoms with Crippen molar-refractivity contribution in [3.63, 3.8) is 0 Å². The molecule has 18 heavy (non-hydrogen) atoms. The van der Waals surface area contributed by atoms with Gasteiger partial charge in [-0.1, -0.05) is 12.1 Å². The van der Waals surface area contributed by atoms with Crippen LogP contribution in [0.1, 0.15) is 15.9 Å². The van der Waals surface area contributed by atoms with Crippen molar-refractivity contribution in [2.75, 3.05) is 5.73 Å². The third kappa shape index (κ3) is 3.24. The predicted molar refractivity (Wildman–Crippen MR) is 73.2 cm³/mol. The Morgan fingerprint density at radius 1 is 1.17 bits per heavy atom. The van der Waals surface area contributed by atoms with Crippen LogP contribution in [0.15, 0.2) is 47.6 Å². The van der Waals surface area contributed by atoms with Crippen molar-refractivity contribution in [1.82, 2.24) is 4.98 Å². The highest BCUT2D eigenvalue weighted by atomic mass is 32.2. The van der Waals surface area contributed by atoms with Gasteiger partial charge in [-0.05, 0) is 29.8 Å². The van der Waals surface area contributed by atoms with Crippen LogP contribution in [0.4, 0.5) is 5.69 Å². The molecule has 1 aromatic heterocycles. The average Bonchev–Trinajstić information content (AvgIpc) is 2.38. The maximum absolute atomic E-state index is 10.9. The fraction of sp³-hybridized carbons (Fsp3) is 0.0769. The average molecular weight is 259 g/mol. The SMILES string of the molecule is NC(=O)c1ccc(CSc2ccc(N)cn2)cc1. The maximum atomic E-state index is 10.9. The summed E-state index contributed by atoms with van der Waals surface area (Å²) in [5.74, 6) is 0.380. The van der Waals surface area contributed by atoms with Gasteiger partial charge in [0.1, 0.15) is 0 Å². The minimum Gasteiger partial charge on any atom is -0.397 e. The molecular formula is C13H13N3OS. The Morgan fingerprint density at radius 2 is 1.89 bits per heavy atom. The molecule has 1 aromatic carbocycles. The molecule has 2 aromatic rings. The lowest BCUT2D eigenvalue weighted by Gasteiger charge is -2.02. The third-order valence-electron chi connectivity index (χ3n) is 2.38. The number of pyridine rings is 1. The van der Waals surface area contributed by atoms with Crippen LogP contribution in [0.2, 0.25) is 0 Å². The second kappa shape index (κ2) is 5.55. The fourth-order valence-corrected chi connectivity index (χ4v) is 2.20. The molecule has 0 saturated heterocycles. The lowest BCUT2D eigenvalue weighted by Crippen LogP contribution is -2.10. The first-order valence-electron chi connectivity index (χ1n) is 5.38. The Hall–Kier alpha value is -2.01. The van der Waals surface area contributed by atoms with Crippen LogP contribution in [0.3, 0.4) is 0 Å². The first-order valence-corrected chi connectivity index (χ1v) is 6.37. The number of aromatic nitrogens is 1. The molecule has 0 aliphatic heterocycles. The van der Waals surface area contributed by atoms with E-state index in [1.807, 2.05) is 24.3 Å². The third-order valence-corrected chi connectivity index (χ3v) is 3.40. The van der Waals surface area contributed by atoms with Crippen LogP contribution in [0.25, 0.3) is 0 Å². The Morgan fingerprint density at radius 3 is 2.44 bits per heavy atom. The highest BCUT2D eigenvalue weighted by molar-refractivity contribution is 7.98. The van der Waals surface area contributed by atoms with Crippen LogP contribution in [0.5, 0.6) is 0 Å². The van der Waals surface area contributed by atoms with Gasteiger partial charge in [-0.15, -0.1) is 11.8 Å². The van der Waals surface area contributed by atoms with Gasteiger partial charge in [0.2, 0.25) is 5.91 Å². The molecule has 0 spiro atoms. The maximum Gasteiger partial charge on any atom is 0.248 e. The van der Waals surface area contributed by atoms with Gasteiger partial charge < -0.3 is 11.5 Å². The number of carbonyl (C=O) groups is 1. The van der Waals surface area contributed by atoms with Crippen LogP contribution in [-0.4, -0.2) is 10.9 Å². The molecule has 0 saturated carbocycles. The number of thioether (sulfide) groups is 1. The molecule has 0 fully saturated rings. The lowest BCUT2D eigenvalue weighted by atomic mass is 10.1. The van der Waals surface area contributed by atoms with E-state index in [9.17, 15) is 4.79 Å². The minimum atomic E-state index is -0.408. The van der Waals surface area contributed by atoms with Crippen molar-refractivity contribution in [3.8, 4) is 0 Å². The van der Waals surface area contributed by atoms with E-state index in [2.05, 4.69) is 4.98 Å². The number of hydrogen-bond donors (Lipinski definition) is 2. The van der Waals surface area contributed by atoms with E-state index in [-0.39, 0.29) is 0 Å². The van der Waals surface area contributed by atoms with Gasteiger partial charge in [0.25, 0.3) is 0 Å². The van der Waals surface area contributed by atoms with E-state index in [1.54, 1.807) is 30.1 Å². The zero-order valence-corrected chi connectivity index (χ0v) is 10.5. The number of amides is 1. The summed E-state index contributed by atoms with van der Waals surface area (Å²) < 4.78 is 0. The van der Waals surface area contributed by atoms with Gasteiger partial charge in [0.15, 0.2) is 0 Å². The number of anilines is 1. The molecule has 0 unspecified atom stereocenters. The van der Waals surface area contributed by atoms with Crippen molar-refractivity contribution in [1.29, 1.82) is 0 Å². The van der Waals surface area contributed by atoms with Crippen molar-refractivity contribution < 1.29 is 4.79 Å². The smallest absolute Gasteiger partial charge is 0.248 e. The zero-order chi connectivity index (χ0) is 13.0. The summed E-state index contributed by atoms with van der Waals surface area (Å²) in [6.07, 6.45) is 1.64. The van der Waals surface area contributed by atoms with Crippen molar-refractivity contribution >= 4 is 23.4 Å². The predicted octanol–water partition coefficient (Wildman–Crippen LogP) is 2.05. The summed E-state index contributed by atoms with van der Waals surface area (Å²) in [4.78, 5) is 15.1. The second-order valence-electron chi connectivity index (χ2n) is 3.78. The number of nitrogen functional groups attached to an aromatic ring is 1. The van der Waals surface area contributed by atoms with Gasteiger partial charge in [-0.25, -0.2) is 4.98 Å². The molecule has 2 rings (SSSR count). The summed E-state index contributed by atoms with van der Waals surface area (Å²) in [6.45, 7) is 0. The molecule has 0 radical (unpaired) electrons. The first-order chi connectivity index (χ1) is 8.65. The molecule has 92 valence electrons. The van der Waals surface area contributed by atoms with Crippen molar-refractivity contribution in [3.05, 3.63) is 53.7 Å². The van der Waals surface area contributed by atoms with E-state index in [0.717, 1.165) is 16.3 Å². The van der Waals surface area contributed by atoms with Gasteiger partial charge in [0, 0.05) is 11.3 Å². The second-order valence-corrected chi connectivity index (χ2v) is 4.78. The largest absolute Gasteiger partial charge is 0.397 e. The minimum absolute atomic E-state index is 0.408. The standard InChI is InChI=1S/C13H13N3OS/c14-11-5-6-12(16-7-11)18-8-9-1-3-10(4-2-9)13(15)17/h1-7H,8,14H2,(H2,15,17). The molecule has 4 nitrogen and oxygen atoms in total. The van der Waals surface area contributed by atoms with E-state index < -0.39 is 5.91 Å². The molecule has 4 N–H and O–H groups in total. The van der Waals surface area contributed by atoms with Crippen LogP contribution < -0.4 is 11.5 Å². The molecule has 5 heteroatoms. The fourth-order valence-electron chi connectivity index (χ4n) is 1.40. The lowest BCUT2D eigenvalue weighted by molar-refractivity contribution is 0.100. The summed E-state index contributed by atoms with van der Waals surface area (Å²) in [7, 11) is 0. The number of nitrogens with zero attached hydrogens (tertiary/aromatic N) is 1. The number of primary amides is 1. The monoisotopic (exact) mass is 259 g/mol. The van der Waals surface area contributed by atoms with E-state index in [4.69, 9.17) is 11.5 Å². The quantitative estimate of drug-likeness (QED) is 0.823. The van der Waals surface area contributed by atoms with Crippen LogP contribution in [0, 0.1) is 0 Å². The van der Waals surface area contributed by atoms with Crippen LogP contribution >= 0.6 is 11.8 Å². The number of carbonyl (C=O) groups excluding carboxylic acids is 1. The molecule has 1 heterocycles. The van der Waals surface area contributed by atoms with E-state index in [0.29, 0.717) is 11.3 Å². The molecule has 0 aliphatic rings.